The lowest BCUT2D eigenvalue weighted by atomic mass is 9.95. The maximum absolute atomic E-state index is 13.1. The molecule has 1 unspecified atom stereocenters. The number of rotatable bonds is 2. The molecule has 0 bridgehead atoms. The fraction of sp³-hybridized carbons (Fsp3) is 0.250. The predicted molar refractivity (Wildman–Crippen MR) is 70.5 cm³/mol. The number of aliphatic hydroxyl groups excluding tert-OH is 1. The molecule has 0 fully saturated rings. The molecule has 2 nitrogen and oxygen atoms in total. The molecule has 2 atom stereocenters. The molecule has 0 saturated carbocycles. The van der Waals surface area contributed by atoms with E-state index in [-0.39, 0.29) is 11.9 Å². The molecule has 2 aromatic carbocycles. The van der Waals surface area contributed by atoms with Crippen molar-refractivity contribution in [3.05, 3.63) is 65.5 Å². The van der Waals surface area contributed by atoms with Crippen LogP contribution in [-0.4, -0.2) is 11.2 Å². The Morgan fingerprint density at radius 3 is 2.74 bits per heavy atom. The maximum atomic E-state index is 13.1. The number of halogens is 1. The third kappa shape index (κ3) is 2.61. The molecule has 1 aliphatic rings. The second-order valence-corrected chi connectivity index (χ2v) is 4.86. The summed E-state index contributed by atoms with van der Waals surface area (Å²) in [6, 6.07) is 14.3. The van der Waals surface area contributed by atoms with Crippen LogP contribution in [0.5, 0.6) is 5.75 Å². The number of aliphatic hydroxyl groups is 1. The largest absolute Gasteiger partial charge is 0.490 e. The molecule has 19 heavy (non-hydrogen) atoms. The van der Waals surface area contributed by atoms with E-state index in [1.54, 1.807) is 6.07 Å². The Labute approximate surface area is 111 Å². The number of hydrogen-bond donors (Lipinski definition) is 1. The summed E-state index contributed by atoms with van der Waals surface area (Å²) in [5.74, 6) is 0.240. The molecule has 0 aliphatic carbocycles. The lowest BCUT2D eigenvalue weighted by molar-refractivity contribution is 0.0659. The van der Waals surface area contributed by atoms with Crippen molar-refractivity contribution in [2.75, 3.05) is 0 Å². The summed E-state index contributed by atoms with van der Waals surface area (Å²) in [6.07, 6.45) is 0.503. The van der Waals surface area contributed by atoms with Crippen molar-refractivity contribution >= 4 is 0 Å². The van der Waals surface area contributed by atoms with Gasteiger partial charge in [0.2, 0.25) is 0 Å². The number of fused-ring (bicyclic) bond motifs is 1. The zero-order valence-corrected chi connectivity index (χ0v) is 10.4. The van der Waals surface area contributed by atoms with Crippen LogP contribution in [0.25, 0.3) is 0 Å². The van der Waals surface area contributed by atoms with Gasteiger partial charge < -0.3 is 9.84 Å². The van der Waals surface area contributed by atoms with Crippen LogP contribution < -0.4 is 4.74 Å². The van der Waals surface area contributed by atoms with Crippen LogP contribution in [0.4, 0.5) is 4.39 Å². The minimum atomic E-state index is -0.659. The van der Waals surface area contributed by atoms with E-state index in [1.165, 1.54) is 17.7 Å². The van der Waals surface area contributed by atoms with Gasteiger partial charge in [-0.2, -0.15) is 0 Å². The lowest BCUT2D eigenvalue weighted by Gasteiger charge is -2.29. The Hall–Kier alpha value is -1.87. The van der Waals surface area contributed by atoms with Crippen molar-refractivity contribution in [1.29, 1.82) is 0 Å². The van der Waals surface area contributed by atoms with E-state index in [0.29, 0.717) is 17.7 Å². The molecule has 3 rings (SSSR count). The standard InChI is InChI=1S/C16H15FO2/c17-12-6-7-16-14(9-12)15(18)10-13(19-16)8-11-4-2-1-3-5-11/h1-7,9,13,15,18H,8,10H2/t13?,15-/m0/s1. The molecule has 1 heterocycles. The summed E-state index contributed by atoms with van der Waals surface area (Å²) >= 11 is 0. The van der Waals surface area contributed by atoms with Gasteiger partial charge in [0.15, 0.2) is 0 Å². The van der Waals surface area contributed by atoms with Crippen LogP contribution in [0.3, 0.4) is 0 Å². The molecule has 2 aromatic rings. The first kappa shape index (κ1) is 12.2. The zero-order valence-electron chi connectivity index (χ0n) is 10.4. The van der Waals surface area contributed by atoms with Gasteiger partial charge in [-0.1, -0.05) is 30.3 Å². The van der Waals surface area contributed by atoms with Gasteiger partial charge in [0.05, 0.1) is 6.10 Å². The molecule has 3 heteroatoms. The van der Waals surface area contributed by atoms with Gasteiger partial charge in [-0.25, -0.2) is 4.39 Å². The minimum absolute atomic E-state index is 0.0737. The fourth-order valence-electron chi connectivity index (χ4n) is 2.49. The Bertz CT molecular complexity index is 568. The smallest absolute Gasteiger partial charge is 0.125 e. The second-order valence-electron chi connectivity index (χ2n) is 4.86. The summed E-state index contributed by atoms with van der Waals surface area (Å²) in [4.78, 5) is 0. The van der Waals surface area contributed by atoms with Gasteiger partial charge in [-0.05, 0) is 23.8 Å². The summed E-state index contributed by atoms with van der Waals surface area (Å²) < 4.78 is 19.0. The summed E-state index contributed by atoms with van der Waals surface area (Å²) in [5, 5.41) is 10.1. The highest BCUT2D eigenvalue weighted by molar-refractivity contribution is 5.37. The molecule has 0 amide bonds. The predicted octanol–water partition coefficient (Wildman–Crippen LogP) is 3.25. The molecule has 98 valence electrons. The SMILES string of the molecule is O[C@H]1CC(Cc2ccccc2)Oc2ccc(F)cc21. The maximum Gasteiger partial charge on any atom is 0.125 e. The van der Waals surface area contributed by atoms with Gasteiger partial charge >= 0.3 is 0 Å². The van der Waals surface area contributed by atoms with Crippen LogP contribution in [0.1, 0.15) is 23.7 Å². The second kappa shape index (κ2) is 5.02. The normalized spacial score (nSPS) is 21.6. The highest BCUT2D eigenvalue weighted by Crippen LogP contribution is 2.35. The Kier molecular flexibility index (Phi) is 3.22. The minimum Gasteiger partial charge on any atom is -0.490 e. The Morgan fingerprint density at radius 2 is 1.95 bits per heavy atom. The topological polar surface area (TPSA) is 29.5 Å². The molecule has 1 N–H and O–H groups in total. The van der Waals surface area contributed by atoms with Crippen LogP contribution in [0.2, 0.25) is 0 Å². The van der Waals surface area contributed by atoms with E-state index in [9.17, 15) is 9.50 Å². The van der Waals surface area contributed by atoms with E-state index in [2.05, 4.69) is 0 Å². The van der Waals surface area contributed by atoms with E-state index in [1.807, 2.05) is 30.3 Å². The third-order valence-corrected chi connectivity index (χ3v) is 3.42. The van der Waals surface area contributed by atoms with E-state index >= 15 is 0 Å². The molecule has 0 spiro atoms. The van der Waals surface area contributed by atoms with Crippen molar-refractivity contribution in [3.8, 4) is 5.75 Å². The summed E-state index contributed by atoms with van der Waals surface area (Å²) in [6.45, 7) is 0. The zero-order chi connectivity index (χ0) is 13.2. The molecule has 0 saturated heterocycles. The first-order chi connectivity index (χ1) is 9.22. The van der Waals surface area contributed by atoms with Crippen molar-refractivity contribution in [3.63, 3.8) is 0 Å². The average molecular weight is 258 g/mol. The molecule has 1 aliphatic heterocycles. The van der Waals surface area contributed by atoms with E-state index in [0.717, 1.165) is 6.42 Å². The number of ether oxygens (including phenoxy) is 1. The van der Waals surface area contributed by atoms with E-state index in [4.69, 9.17) is 4.74 Å². The molecule has 0 radical (unpaired) electrons. The average Bonchev–Trinajstić information content (AvgIpc) is 2.41. The third-order valence-electron chi connectivity index (χ3n) is 3.42. The number of benzene rings is 2. The van der Waals surface area contributed by atoms with Crippen molar-refractivity contribution in [2.24, 2.45) is 0 Å². The van der Waals surface area contributed by atoms with Crippen LogP contribution in [-0.2, 0) is 6.42 Å². The van der Waals surface area contributed by atoms with Crippen molar-refractivity contribution in [1.82, 2.24) is 0 Å². The fourth-order valence-corrected chi connectivity index (χ4v) is 2.49. The van der Waals surface area contributed by atoms with Crippen molar-refractivity contribution in [2.45, 2.75) is 25.0 Å². The van der Waals surface area contributed by atoms with Crippen LogP contribution >= 0.6 is 0 Å². The van der Waals surface area contributed by atoms with Gasteiger partial charge in [-0.15, -0.1) is 0 Å². The van der Waals surface area contributed by atoms with E-state index < -0.39 is 6.10 Å². The van der Waals surface area contributed by atoms with Gasteiger partial charge in [-0.3, -0.25) is 0 Å². The lowest BCUT2D eigenvalue weighted by Crippen LogP contribution is -2.27. The van der Waals surface area contributed by atoms with Crippen LogP contribution in [0, 0.1) is 5.82 Å². The molecular weight excluding hydrogens is 243 g/mol. The highest BCUT2D eigenvalue weighted by atomic mass is 19.1. The first-order valence-electron chi connectivity index (χ1n) is 6.40. The van der Waals surface area contributed by atoms with Gasteiger partial charge in [0.1, 0.15) is 17.7 Å². The highest BCUT2D eigenvalue weighted by Gasteiger charge is 2.27. The van der Waals surface area contributed by atoms with Crippen LogP contribution in [0.15, 0.2) is 48.5 Å². The van der Waals surface area contributed by atoms with Crippen molar-refractivity contribution < 1.29 is 14.2 Å². The van der Waals surface area contributed by atoms with Gasteiger partial charge in [0, 0.05) is 18.4 Å². The summed E-state index contributed by atoms with van der Waals surface area (Å²) in [7, 11) is 0. The van der Waals surface area contributed by atoms with Gasteiger partial charge in [0.25, 0.3) is 0 Å². The molecular formula is C16H15FO2. The Morgan fingerprint density at radius 1 is 1.16 bits per heavy atom. The molecule has 0 aromatic heterocycles. The quantitative estimate of drug-likeness (QED) is 0.896. The Balaban J connectivity index is 1.80. The number of hydrogen-bond acceptors (Lipinski definition) is 2. The summed E-state index contributed by atoms with van der Waals surface area (Å²) in [5.41, 5.74) is 1.72. The first-order valence-corrected chi connectivity index (χ1v) is 6.40. The monoisotopic (exact) mass is 258 g/mol.